The Balaban J connectivity index is 1.92. The lowest BCUT2D eigenvalue weighted by Crippen LogP contribution is -2.40. The standard InChI is InChI=1S/C12H19BrN4/c1-9-15-11(13)7-12(16-9)14-8-10-5-3-4-6-17(10)2/h7,10H,3-6,8H2,1-2H3,(H,14,15,16). The molecule has 0 amide bonds. The summed E-state index contributed by atoms with van der Waals surface area (Å²) >= 11 is 3.39. The largest absolute Gasteiger partial charge is 0.368 e. The van der Waals surface area contributed by atoms with E-state index in [1.165, 1.54) is 25.8 Å². The molecule has 0 radical (unpaired) electrons. The van der Waals surface area contributed by atoms with Crippen LogP contribution in [0.3, 0.4) is 0 Å². The summed E-state index contributed by atoms with van der Waals surface area (Å²) in [6.45, 7) is 4.07. The number of aryl methyl sites for hydroxylation is 1. The molecule has 17 heavy (non-hydrogen) atoms. The van der Waals surface area contributed by atoms with Crippen LogP contribution in [-0.2, 0) is 0 Å². The molecule has 1 N–H and O–H groups in total. The van der Waals surface area contributed by atoms with E-state index in [4.69, 9.17) is 0 Å². The van der Waals surface area contributed by atoms with Gasteiger partial charge in [-0.25, -0.2) is 9.97 Å². The van der Waals surface area contributed by atoms with Gasteiger partial charge in [0.25, 0.3) is 0 Å². The third-order valence-corrected chi connectivity index (χ3v) is 3.65. The summed E-state index contributed by atoms with van der Waals surface area (Å²) in [7, 11) is 2.20. The quantitative estimate of drug-likeness (QED) is 0.870. The highest BCUT2D eigenvalue weighted by Gasteiger charge is 2.18. The van der Waals surface area contributed by atoms with Gasteiger partial charge in [0.1, 0.15) is 16.2 Å². The van der Waals surface area contributed by atoms with Gasteiger partial charge < -0.3 is 10.2 Å². The van der Waals surface area contributed by atoms with Crippen LogP contribution in [0.5, 0.6) is 0 Å². The molecule has 1 aliphatic rings. The smallest absolute Gasteiger partial charge is 0.130 e. The van der Waals surface area contributed by atoms with Crippen molar-refractivity contribution >= 4 is 21.7 Å². The third kappa shape index (κ3) is 3.64. The maximum atomic E-state index is 4.37. The van der Waals surface area contributed by atoms with Crippen molar-refractivity contribution < 1.29 is 0 Å². The fourth-order valence-electron chi connectivity index (χ4n) is 2.25. The molecule has 0 bridgehead atoms. The molecule has 94 valence electrons. The third-order valence-electron chi connectivity index (χ3n) is 3.25. The molecule has 1 unspecified atom stereocenters. The Morgan fingerprint density at radius 3 is 3.00 bits per heavy atom. The highest BCUT2D eigenvalue weighted by atomic mass is 79.9. The van der Waals surface area contributed by atoms with Crippen LogP contribution in [0.15, 0.2) is 10.7 Å². The maximum Gasteiger partial charge on any atom is 0.130 e. The van der Waals surface area contributed by atoms with Gasteiger partial charge in [0.2, 0.25) is 0 Å². The fraction of sp³-hybridized carbons (Fsp3) is 0.667. The van der Waals surface area contributed by atoms with Crippen molar-refractivity contribution in [3.8, 4) is 0 Å². The Morgan fingerprint density at radius 1 is 1.47 bits per heavy atom. The summed E-state index contributed by atoms with van der Waals surface area (Å²) in [6, 6.07) is 2.55. The Labute approximate surface area is 111 Å². The number of halogens is 1. The predicted molar refractivity (Wildman–Crippen MR) is 73.2 cm³/mol. The second-order valence-electron chi connectivity index (χ2n) is 4.63. The van der Waals surface area contributed by atoms with Crippen molar-refractivity contribution in [3.05, 3.63) is 16.5 Å². The van der Waals surface area contributed by atoms with Gasteiger partial charge in [-0.3, -0.25) is 0 Å². The molecule has 0 saturated carbocycles. The van der Waals surface area contributed by atoms with Crippen LogP contribution in [0.2, 0.25) is 0 Å². The topological polar surface area (TPSA) is 41.1 Å². The lowest BCUT2D eigenvalue weighted by molar-refractivity contribution is 0.194. The van der Waals surface area contributed by atoms with Crippen LogP contribution >= 0.6 is 15.9 Å². The van der Waals surface area contributed by atoms with E-state index >= 15 is 0 Å². The summed E-state index contributed by atoms with van der Waals surface area (Å²) in [4.78, 5) is 11.0. The molecular weight excluding hydrogens is 280 g/mol. The number of likely N-dealkylation sites (tertiary alicyclic amines) is 1. The average Bonchev–Trinajstić information content (AvgIpc) is 2.27. The molecule has 2 heterocycles. The monoisotopic (exact) mass is 298 g/mol. The minimum atomic E-state index is 0.623. The predicted octanol–water partition coefficient (Wildman–Crippen LogP) is 2.44. The molecule has 1 fully saturated rings. The lowest BCUT2D eigenvalue weighted by Gasteiger charge is -2.32. The van der Waals surface area contributed by atoms with Crippen LogP contribution in [-0.4, -0.2) is 41.0 Å². The van der Waals surface area contributed by atoms with Crippen molar-refractivity contribution in [1.29, 1.82) is 0 Å². The number of likely N-dealkylation sites (N-methyl/N-ethyl adjacent to an activating group) is 1. The molecular formula is C12H19BrN4. The van der Waals surface area contributed by atoms with Crippen LogP contribution in [0.1, 0.15) is 25.1 Å². The summed E-state index contributed by atoms with van der Waals surface area (Å²) in [5.74, 6) is 1.70. The van der Waals surface area contributed by atoms with Crippen molar-refractivity contribution in [2.45, 2.75) is 32.2 Å². The Hall–Kier alpha value is -0.680. The molecule has 0 aromatic carbocycles. The van der Waals surface area contributed by atoms with E-state index in [-0.39, 0.29) is 0 Å². The van der Waals surface area contributed by atoms with E-state index in [1.807, 2.05) is 13.0 Å². The SMILES string of the molecule is Cc1nc(Br)cc(NCC2CCCCN2C)n1. The average molecular weight is 299 g/mol. The maximum absolute atomic E-state index is 4.37. The van der Waals surface area contributed by atoms with Gasteiger partial charge in [0.05, 0.1) is 0 Å². The fourth-order valence-corrected chi connectivity index (χ4v) is 2.72. The number of aromatic nitrogens is 2. The van der Waals surface area contributed by atoms with Crippen molar-refractivity contribution in [2.75, 3.05) is 25.5 Å². The number of nitrogens with one attached hydrogen (secondary N) is 1. The summed E-state index contributed by atoms with van der Waals surface area (Å²) in [6.07, 6.45) is 3.93. The van der Waals surface area contributed by atoms with Gasteiger partial charge in [-0.1, -0.05) is 6.42 Å². The number of piperidine rings is 1. The van der Waals surface area contributed by atoms with E-state index in [2.05, 4.69) is 43.2 Å². The zero-order valence-electron chi connectivity index (χ0n) is 10.4. The van der Waals surface area contributed by atoms with Gasteiger partial charge in [-0.15, -0.1) is 0 Å². The number of hydrogen-bond acceptors (Lipinski definition) is 4. The molecule has 1 aromatic heterocycles. The van der Waals surface area contributed by atoms with Crippen LogP contribution in [0.25, 0.3) is 0 Å². The van der Waals surface area contributed by atoms with Crippen LogP contribution in [0, 0.1) is 6.92 Å². The number of nitrogens with zero attached hydrogens (tertiary/aromatic N) is 3. The molecule has 1 aromatic rings. The zero-order chi connectivity index (χ0) is 12.3. The Bertz CT molecular complexity index is 363. The van der Waals surface area contributed by atoms with E-state index in [0.29, 0.717) is 6.04 Å². The molecule has 1 aliphatic heterocycles. The molecule has 0 aliphatic carbocycles. The van der Waals surface area contributed by atoms with Gasteiger partial charge in [-0.05, 0) is 49.3 Å². The number of rotatable bonds is 3. The first-order valence-corrected chi connectivity index (χ1v) is 6.90. The second-order valence-corrected chi connectivity index (χ2v) is 5.45. The Morgan fingerprint density at radius 2 is 2.29 bits per heavy atom. The molecule has 5 heteroatoms. The van der Waals surface area contributed by atoms with Crippen molar-refractivity contribution in [3.63, 3.8) is 0 Å². The second kappa shape index (κ2) is 5.78. The van der Waals surface area contributed by atoms with Crippen molar-refractivity contribution in [1.82, 2.24) is 14.9 Å². The normalized spacial score (nSPS) is 21.5. The van der Waals surface area contributed by atoms with E-state index < -0.39 is 0 Å². The number of hydrogen-bond donors (Lipinski definition) is 1. The van der Waals surface area contributed by atoms with E-state index in [9.17, 15) is 0 Å². The van der Waals surface area contributed by atoms with Gasteiger partial charge >= 0.3 is 0 Å². The minimum Gasteiger partial charge on any atom is -0.368 e. The van der Waals surface area contributed by atoms with Crippen LogP contribution in [0.4, 0.5) is 5.82 Å². The van der Waals surface area contributed by atoms with Crippen molar-refractivity contribution in [2.24, 2.45) is 0 Å². The summed E-state index contributed by atoms with van der Waals surface area (Å²) in [5, 5.41) is 3.40. The molecule has 2 rings (SSSR count). The van der Waals surface area contributed by atoms with E-state index in [0.717, 1.165) is 22.8 Å². The molecule has 1 atom stereocenters. The first-order valence-electron chi connectivity index (χ1n) is 6.10. The molecule has 1 saturated heterocycles. The first-order chi connectivity index (χ1) is 8.15. The summed E-state index contributed by atoms with van der Waals surface area (Å²) in [5.41, 5.74) is 0. The van der Waals surface area contributed by atoms with Crippen LogP contribution < -0.4 is 5.32 Å². The highest BCUT2D eigenvalue weighted by molar-refractivity contribution is 9.10. The highest BCUT2D eigenvalue weighted by Crippen LogP contribution is 2.16. The van der Waals surface area contributed by atoms with Gasteiger partial charge in [0.15, 0.2) is 0 Å². The molecule has 4 nitrogen and oxygen atoms in total. The lowest BCUT2D eigenvalue weighted by atomic mass is 10.0. The Kier molecular flexibility index (Phi) is 4.34. The minimum absolute atomic E-state index is 0.623. The molecule has 0 spiro atoms. The number of anilines is 1. The van der Waals surface area contributed by atoms with Gasteiger partial charge in [-0.2, -0.15) is 0 Å². The zero-order valence-corrected chi connectivity index (χ0v) is 12.0. The van der Waals surface area contributed by atoms with E-state index in [1.54, 1.807) is 0 Å². The van der Waals surface area contributed by atoms with Gasteiger partial charge in [0, 0.05) is 18.7 Å². The summed E-state index contributed by atoms with van der Waals surface area (Å²) < 4.78 is 0.837. The first kappa shape index (κ1) is 12.8.